The molecule has 1 aromatic heterocycles. The maximum atomic E-state index is 13.7. The number of carboxylic acids is 1. The second-order valence-electron chi connectivity index (χ2n) is 7.14. The SMILES string of the molecule is O=C(O)Cn1ncc2c1CCCC2N(c1cccc(O)c1)S(=O)(=O)c1ccccc1. The first kappa shape index (κ1) is 20.0. The maximum absolute atomic E-state index is 13.7. The van der Waals surface area contributed by atoms with E-state index in [-0.39, 0.29) is 17.2 Å². The molecule has 1 heterocycles. The standard InChI is InChI=1S/C21H21N3O5S/c25-16-7-4-6-15(12-16)24(30(28,29)17-8-2-1-3-9-17)20-11-5-10-19-18(20)13-22-23(19)14-21(26)27/h1-4,6-9,12-13,20,25H,5,10-11,14H2,(H,26,27). The average molecular weight is 427 g/mol. The number of rotatable bonds is 6. The van der Waals surface area contributed by atoms with E-state index < -0.39 is 22.0 Å². The van der Waals surface area contributed by atoms with Crippen molar-refractivity contribution in [2.75, 3.05) is 4.31 Å². The van der Waals surface area contributed by atoms with E-state index in [1.54, 1.807) is 36.5 Å². The highest BCUT2D eigenvalue weighted by Gasteiger charge is 2.37. The summed E-state index contributed by atoms with van der Waals surface area (Å²) in [5.41, 5.74) is 1.75. The number of sulfonamides is 1. The zero-order chi connectivity index (χ0) is 21.3. The molecule has 0 aliphatic heterocycles. The average Bonchev–Trinajstić information content (AvgIpc) is 3.12. The fourth-order valence-corrected chi connectivity index (χ4v) is 5.60. The smallest absolute Gasteiger partial charge is 0.325 e. The molecule has 1 aliphatic carbocycles. The molecule has 9 heteroatoms. The lowest BCUT2D eigenvalue weighted by atomic mass is 9.92. The Bertz CT molecular complexity index is 1170. The van der Waals surface area contributed by atoms with Gasteiger partial charge in [-0.3, -0.25) is 13.8 Å². The predicted octanol–water partition coefficient (Wildman–Crippen LogP) is 2.95. The van der Waals surface area contributed by atoms with Crippen molar-refractivity contribution < 1.29 is 23.4 Å². The van der Waals surface area contributed by atoms with Gasteiger partial charge < -0.3 is 10.2 Å². The van der Waals surface area contributed by atoms with Crippen molar-refractivity contribution in [1.82, 2.24) is 9.78 Å². The number of hydrogen-bond acceptors (Lipinski definition) is 5. The Balaban J connectivity index is 1.87. The third kappa shape index (κ3) is 3.63. The van der Waals surface area contributed by atoms with E-state index in [9.17, 15) is 18.3 Å². The fourth-order valence-electron chi connectivity index (χ4n) is 3.93. The maximum Gasteiger partial charge on any atom is 0.325 e. The molecule has 8 nitrogen and oxygen atoms in total. The van der Waals surface area contributed by atoms with Crippen molar-refractivity contribution in [3.8, 4) is 5.75 Å². The van der Waals surface area contributed by atoms with Gasteiger partial charge in [-0.15, -0.1) is 0 Å². The van der Waals surface area contributed by atoms with E-state index >= 15 is 0 Å². The predicted molar refractivity (Wildman–Crippen MR) is 110 cm³/mol. The van der Waals surface area contributed by atoms with E-state index in [0.717, 1.165) is 5.69 Å². The van der Waals surface area contributed by atoms with Crippen LogP contribution < -0.4 is 4.31 Å². The molecule has 0 amide bonds. The number of hydrogen-bond donors (Lipinski definition) is 2. The summed E-state index contributed by atoms with van der Waals surface area (Å²) in [5, 5.41) is 23.3. The topological polar surface area (TPSA) is 113 Å². The Kier molecular flexibility index (Phi) is 5.21. The first-order valence-corrected chi connectivity index (χ1v) is 11.0. The van der Waals surface area contributed by atoms with Gasteiger partial charge in [0.15, 0.2) is 0 Å². The number of aromatic nitrogens is 2. The van der Waals surface area contributed by atoms with E-state index in [2.05, 4.69) is 5.10 Å². The zero-order valence-electron chi connectivity index (χ0n) is 16.0. The molecule has 0 spiro atoms. The number of carboxylic acid groups (broad SMARTS) is 1. The molecule has 1 atom stereocenters. The second kappa shape index (κ2) is 7.83. The van der Waals surface area contributed by atoms with Crippen LogP contribution in [0.3, 0.4) is 0 Å². The van der Waals surface area contributed by atoms with Gasteiger partial charge in [0, 0.05) is 17.3 Å². The van der Waals surface area contributed by atoms with E-state index in [1.165, 1.54) is 33.3 Å². The number of carbonyl (C=O) groups is 1. The molecule has 0 saturated carbocycles. The zero-order valence-corrected chi connectivity index (χ0v) is 16.9. The van der Waals surface area contributed by atoms with Gasteiger partial charge in [-0.1, -0.05) is 24.3 Å². The summed E-state index contributed by atoms with van der Waals surface area (Å²) in [4.78, 5) is 11.3. The van der Waals surface area contributed by atoms with Crippen molar-refractivity contribution in [2.24, 2.45) is 0 Å². The third-order valence-corrected chi connectivity index (χ3v) is 7.03. The van der Waals surface area contributed by atoms with Gasteiger partial charge in [-0.2, -0.15) is 5.10 Å². The highest BCUT2D eigenvalue weighted by atomic mass is 32.2. The Morgan fingerprint density at radius 2 is 1.93 bits per heavy atom. The normalized spacial score (nSPS) is 16.1. The van der Waals surface area contributed by atoms with Crippen LogP contribution in [0.1, 0.15) is 30.1 Å². The lowest BCUT2D eigenvalue weighted by molar-refractivity contribution is -0.137. The van der Waals surface area contributed by atoms with E-state index in [0.29, 0.717) is 30.5 Å². The lowest BCUT2D eigenvalue weighted by Crippen LogP contribution is -2.37. The highest BCUT2D eigenvalue weighted by Crippen LogP contribution is 2.41. The first-order chi connectivity index (χ1) is 14.4. The first-order valence-electron chi connectivity index (χ1n) is 9.53. The Labute approximate surface area is 174 Å². The van der Waals surface area contributed by atoms with Crippen LogP contribution >= 0.6 is 0 Å². The minimum atomic E-state index is -3.96. The molecule has 3 aromatic rings. The Hall–Kier alpha value is -3.33. The Morgan fingerprint density at radius 1 is 1.17 bits per heavy atom. The summed E-state index contributed by atoms with van der Waals surface area (Å²) in [7, 11) is -3.96. The molecule has 0 radical (unpaired) electrons. The molecule has 0 bridgehead atoms. The van der Waals surface area contributed by atoms with Crippen LogP contribution in [-0.2, 0) is 27.8 Å². The monoisotopic (exact) mass is 427 g/mol. The molecule has 2 aromatic carbocycles. The third-order valence-electron chi connectivity index (χ3n) is 5.18. The number of anilines is 1. The minimum absolute atomic E-state index is 0.0432. The van der Waals surface area contributed by atoms with Crippen molar-refractivity contribution >= 4 is 21.7 Å². The van der Waals surface area contributed by atoms with Gasteiger partial charge in [0.05, 0.1) is 22.8 Å². The molecule has 1 unspecified atom stereocenters. The molecule has 4 rings (SSSR count). The molecule has 156 valence electrons. The van der Waals surface area contributed by atoms with Crippen LogP contribution in [0.5, 0.6) is 5.75 Å². The van der Waals surface area contributed by atoms with Crippen molar-refractivity contribution in [3.05, 3.63) is 72.1 Å². The van der Waals surface area contributed by atoms with Crippen LogP contribution in [0.25, 0.3) is 0 Å². The van der Waals surface area contributed by atoms with E-state index in [1.807, 2.05) is 0 Å². The molecular formula is C21H21N3O5S. The molecular weight excluding hydrogens is 406 g/mol. The lowest BCUT2D eigenvalue weighted by Gasteiger charge is -2.35. The summed E-state index contributed by atoms with van der Waals surface area (Å²) >= 11 is 0. The van der Waals surface area contributed by atoms with Crippen molar-refractivity contribution in [1.29, 1.82) is 0 Å². The molecule has 0 saturated heterocycles. The number of nitrogens with zero attached hydrogens (tertiary/aromatic N) is 3. The van der Waals surface area contributed by atoms with Gasteiger partial charge in [0.2, 0.25) is 0 Å². The van der Waals surface area contributed by atoms with Gasteiger partial charge >= 0.3 is 5.97 Å². The number of phenols is 1. The summed E-state index contributed by atoms with van der Waals surface area (Å²) in [6.45, 7) is -0.278. The number of phenolic OH excluding ortho intramolecular Hbond substituents is 1. The summed E-state index contributed by atoms with van der Waals surface area (Å²) in [6, 6.07) is 13.7. The minimum Gasteiger partial charge on any atom is -0.508 e. The molecule has 0 fully saturated rings. The highest BCUT2D eigenvalue weighted by molar-refractivity contribution is 7.92. The molecule has 1 aliphatic rings. The number of benzene rings is 2. The summed E-state index contributed by atoms with van der Waals surface area (Å²) in [6.07, 6.45) is 3.41. The van der Waals surface area contributed by atoms with Gasteiger partial charge in [0.25, 0.3) is 10.0 Å². The van der Waals surface area contributed by atoms with Crippen molar-refractivity contribution in [3.63, 3.8) is 0 Å². The van der Waals surface area contributed by atoms with Crippen molar-refractivity contribution in [2.45, 2.75) is 36.7 Å². The van der Waals surface area contributed by atoms with Crippen LogP contribution in [-0.4, -0.2) is 34.4 Å². The largest absolute Gasteiger partial charge is 0.508 e. The number of fused-ring (bicyclic) bond motifs is 1. The molecule has 30 heavy (non-hydrogen) atoms. The van der Waals surface area contributed by atoms with Gasteiger partial charge in [0.1, 0.15) is 12.3 Å². The van der Waals surface area contributed by atoms with Gasteiger partial charge in [-0.05, 0) is 43.5 Å². The number of aromatic hydroxyl groups is 1. The summed E-state index contributed by atoms with van der Waals surface area (Å²) in [5.74, 6) is -1.05. The summed E-state index contributed by atoms with van der Waals surface area (Å²) < 4.78 is 30.1. The van der Waals surface area contributed by atoms with Crippen LogP contribution in [0.15, 0.2) is 65.7 Å². The van der Waals surface area contributed by atoms with Crippen LogP contribution in [0.2, 0.25) is 0 Å². The van der Waals surface area contributed by atoms with Gasteiger partial charge in [-0.25, -0.2) is 8.42 Å². The Morgan fingerprint density at radius 3 is 2.63 bits per heavy atom. The second-order valence-corrected chi connectivity index (χ2v) is 8.95. The quantitative estimate of drug-likeness (QED) is 0.625. The van der Waals surface area contributed by atoms with Crippen LogP contribution in [0.4, 0.5) is 5.69 Å². The van der Waals surface area contributed by atoms with E-state index in [4.69, 9.17) is 5.11 Å². The molecule has 2 N–H and O–H groups in total. The van der Waals surface area contributed by atoms with Crippen LogP contribution in [0, 0.1) is 0 Å². The fraction of sp³-hybridized carbons (Fsp3) is 0.238. The number of aliphatic carboxylic acids is 1.